The zero-order valence-corrected chi connectivity index (χ0v) is 13.8. The van der Waals surface area contributed by atoms with Gasteiger partial charge in [0, 0.05) is 4.88 Å². The van der Waals surface area contributed by atoms with Gasteiger partial charge in [-0.15, -0.1) is 11.3 Å². The number of hydrogen-bond acceptors (Lipinski definition) is 2. The summed E-state index contributed by atoms with van der Waals surface area (Å²) < 4.78 is 14.7. The van der Waals surface area contributed by atoms with Crippen LogP contribution in [0.2, 0.25) is 4.34 Å². The number of hydrogen-bond donors (Lipinski definition) is 1. The van der Waals surface area contributed by atoms with Crippen molar-refractivity contribution in [3.8, 4) is 0 Å². The molecule has 0 aliphatic heterocycles. The van der Waals surface area contributed by atoms with Crippen LogP contribution in [0, 0.1) is 11.7 Å². The monoisotopic (exact) mass is 325 g/mol. The predicted molar refractivity (Wildman–Crippen MR) is 89.8 cm³/mol. The summed E-state index contributed by atoms with van der Waals surface area (Å²) >= 11 is 7.61. The predicted octanol–water partition coefficient (Wildman–Crippen LogP) is 4.94. The van der Waals surface area contributed by atoms with Crippen molar-refractivity contribution in [1.82, 2.24) is 5.32 Å². The minimum Gasteiger partial charge on any atom is -0.316 e. The van der Waals surface area contributed by atoms with E-state index in [2.05, 4.69) is 18.3 Å². The second-order valence-corrected chi connectivity index (χ2v) is 7.08. The minimum atomic E-state index is -0.109. The van der Waals surface area contributed by atoms with E-state index in [1.165, 1.54) is 10.9 Å². The fourth-order valence-corrected chi connectivity index (χ4v) is 3.62. The van der Waals surface area contributed by atoms with Gasteiger partial charge in [-0.3, -0.25) is 0 Å². The quantitative estimate of drug-likeness (QED) is 0.678. The van der Waals surface area contributed by atoms with Gasteiger partial charge in [0.05, 0.1) is 4.34 Å². The molecule has 0 radical (unpaired) electrons. The van der Waals surface area contributed by atoms with E-state index in [1.54, 1.807) is 17.4 Å². The van der Waals surface area contributed by atoms with Gasteiger partial charge in [0.2, 0.25) is 0 Å². The molecule has 114 valence electrons. The molecule has 0 amide bonds. The molecule has 21 heavy (non-hydrogen) atoms. The topological polar surface area (TPSA) is 12.0 Å². The van der Waals surface area contributed by atoms with Crippen molar-refractivity contribution >= 4 is 22.9 Å². The molecule has 0 spiro atoms. The largest absolute Gasteiger partial charge is 0.316 e. The van der Waals surface area contributed by atoms with E-state index < -0.39 is 0 Å². The molecule has 2 rings (SSSR count). The van der Waals surface area contributed by atoms with Gasteiger partial charge >= 0.3 is 0 Å². The maximum atomic E-state index is 13.8. The third-order valence-corrected chi connectivity index (χ3v) is 4.70. The van der Waals surface area contributed by atoms with Crippen LogP contribution in [0.25, 0.3) is 0 Å². The van der Waals surface area contributed by atoms with Crippen molar-refractivity contribution in [3.63, 3.8) is 0 Å². The average molecular weight is 326 g/mol. The van der Waals surface area contributed by atoms with E-state index in [-0.39, 0.29) is 5.82 Å². The maximum absolute atomic E-state index is 13.8. The molecular formula is C17H21ClFNS. The van der Waals surface area contributed by atoms with Crippen LogP contribution in [0.3, 0.4) is 0 Å². The molecule has 1 aromatic carbocycles. The first kappa shape index (κ1) is 16.5. The van der Waals surface area contributed by atoms with E-state index in [9.17, 15) is 4.39 Å². The van der Waals surface area contributed by atoms with Crippen LogP contribution >= 0.6 is 22.9 Å². The summed E-state index contributed by atoms with van der Waals surface area (Å²) in [5.41, 5.74) is 0.795. The SMILES string of the molecule is CCCNCC(Cc1ccc(Cl)s1)Cc1ccccc1F. The summed E-state index contributed by atoms with van der Waals surface area (Å²) in [7, 11) is 0. The highest BCUT2D eigenvalue weighted by molar-refractivity contribution is 7.16. The Morgan fingerprint density at radius 2 is 2.00 bits per heavy atom. The number of halogens is 2. The van der Waals surface area contributed by atoms with E-state index >= 15 is 0 Å². The lowest BCUT2D eigenvalue weighted by Gasteiger charge is -2.17. The number of nitrogens with one attached hydrogen (secondary N) is 1. The molecule has 0 saturated heterocycles. The molecule has 2 aromatic rings. The molecule has 0 aliphatic rings. The highest BCUT2D eigenvalue weighted by atomic mass is 35.5. The summed E-state index contributed by atoms with van der Waals surface area (Å²) in [6, 6.07) is 11.1. The molecule has 1 atom stereocenters. The standard InChI is InChI=1S/C17H21ClFNS/c1-2-9-20-12-13(11-15-7-8-17(18)21-15)10-14-5-3-4-6-16(14)19/h3-8,13,20H,2,9-12H2,1H3. The molecular weight excluding hydrogens is 305 g/mol. The highest BCUT2D eigenvalue weighted by Crippen LogP contribution is 2.25. The fraction of sp³-hybridized carbons (Fsp3) is 0.412. The lowest BCUT2D eigenvalue weighted by molar-refractivity contribution is 0.463. The Balaban J connectivity index is 2.02. The molecule has 1 unspecified atom stereocenters. The van der Waals surface area contributed by atoms with E-state index in [0.717, 1.165) is 42.3 Å². The van der Waals surface area contributed by atoms with Crippen LogP contribution in [0.1, 0.15) is 23.8 Å². The molecule has 0 aliphatic carbocycles. The normalized spacial score (nSPS) is 12.5. The summed E-state index contributed by atoms with van der Waals surface area (Å²) in [5.74, 6) is 0.269. The zero-order chi connectivity index (χ0) is 15.1. The minimum absolute atomic E-state index is 0.109. The van der Waals surface area contributed by atoms with Crippen LogP contribution in [0.15, 0.2) is 36.4 Å². The van der Waals surface area contributed by atoms with Crippen LogP contribution in [0.4, 0.5) is 4.39 Å². The smallest absolute Gasteiger partial charge is 0.126 e. The van der Waals surface area contributed by atoms with Crippen LogP contribution in [-0.4, -0.2) is 13.1 Å². The van der Waals surface area contributed by atoms with Crippen molar-refractivity contribution in [3.05, 3.63) is 57.0 Å². The Morgan fingerprint density at radius 1 is 1.19 bits per heavy atom. The second kappa shape index (κ2) is 8.52. The first-order chi connectivity index (χ1) is 10.2. The Hall–Kier alpha value is -0.900. The van der Waals surface area contributed by atoms with Crippen molar-refractivity contribution in [1.29, 1.82) is 0 Å². The summed E-state index contributed by atoms with van der Waals surface area (Å²) in [4.78, 5) is 1.26. The fourth-order valence-electron chi connectivity index (χ4n) is 2.42. The summed E-state index contributed by atoms with van der Waals surface area (Å²) in [6.45, 7) is 4.05. The molecule has 1 N–H and O–H groups in total. The Bertz CT molecular complexity index is 555. The number of rotatable bonds is 8. The molecule has 4 heteroatoms. The highest BCUT2D eigenvalue weighted by Gasteiger charge is 2.14. The third-order valence-electron chi connectivity index (χ3n) is 3.44. The number of benzene rings is 1. The van der Waals surface area contributed by atoms with Gasteiger partial charge in [-0.05, 0) is 62.0 Å². The van der Waals surface area contributed by atoms with Gasteiger partial charge in [-0.1, -0.05) is 36.7 Å². The Morgan fingerprint density at radius 3 is 2.67 bits per heavy atom. The van der Waals surface area contributed by atoms with Gasteiger partial charge in [-0.25, -0.2) is 4.39 Å². The lowest BCUT2D eigenvalue weighted by Crippen LogP contribution is -2.26. The molecule has 0 bridgehead atoms. The number of thiophene rings is 1. The molecule has 1 aromatic heterocycles. The van der Waals surface area contributed by atoms with Crippen molar-refractivity contribution in [2.45, 2.75) is 26.2 Å². The molecule has 0 saturated carbocycles. The van der Waals surface area contributed by atoms with Gasteiger partial charge in [-0.2, -0.15) is 0 Å². The van der Waals surface area contributed by atoms with Crippen LogP contribution < -0.4 is 5.32 Å². The van der Waals surface area contributed by atoms with Crippen LogP contribution in [-0.2, 0) is 12.8 Å². The van der Waals surface area contributed by atoms with E-state index in [4.69, 9.17) is 11.6 Å². The summed E-state index contributed by atoms with van der Waals surface area (Å²) in [6.07, 6.45) is 2.79. The Kier molecular flexibility index (Phi) is 6.68. The van der Waals surface area contributed by atoms with Crippen molar-refractivity contribution in [2.75, 3.05) is 13.1 Å². The van der Waals surface area contributed by atoms with Crippen LogP contribution in [0.5, 0.6) is 0 Å². The maximum Gasteiger partial charge on any atom is 0.126 e. The molecule has 1 heterocycles. The van der Waals surface area contributed by atoms with E-state index in [1.807, 2.05) is 18.2 Å². The van der Waals surface area contributed by atoms with Crippen molar-refractivity contribution in [2.24, 2.45) is 5.92 Å². The molecule has 0 fully saturated rings. The molecule has 1 nitrogen and oxygen atoms in total. The van der Waals surface area contributed by atoms with E-state index in [0.29, 0.717) is 5.92 Å². The second-order valence-electron chi connectivity index (χ2n) is 5.28. The first-order valence-electron chi connectivity index (χ1n) is 7.37. The average Bonchev–Trinajstić information content (AvgIpc) is 2.87. The van der Waals surface area contributed by atoms with Gasteiger partial charge in [0.1, 0.15) is 5.82 Å². The lowest BCUT2D eigenvalue weighted by atomic mass is 9.95. The first-order valence-corrected chi connectivity index (χ1v) is 8.56. The van der Waals surface area contributed by atoms with Crippen molar-refractivity contribution < 1.29 is 4.39 Å². The summed E-state index contributed by atoms with van der Waals surface area (Å²) in [5, 5.41) is 3.45. The van der Waals surface area contributed by atoms with Gasteiger partial charge in [0.15, 0.2) is 0 Å². The van der Waals surface area contributed by atoms with Gasteiger partial charge < -0.3 is 5.32 Å². The van der Waals surface area contributed by atoms with Gasteiger partial charge in [0.25, 0.3) is 0 Å². The third kappa shape index (κ3) is 5.42. The Labute approximate surface area is 135 Å². The zero-order valence-electron chi connectivity index (χ0n) is 12.2.